The number of allylic oxidation sites excluding steroid dienone is 1. The molecule has 2 heterocycles. The van der Waals surface area contributed by atoms with Gasteiger partial charge in [-0.05, 0) is 67.1 Å². The van der Waals surface area contributed by atoms with Crippen LogP contribution in [0.15, 0.2) is 83.0 Å². The van der Waals surface area contributed by atoms with Crippen molar-refractivity contribution in [2.24, 2.45) is 0 Å². The second-order valence-corrected chi connectivity index (χ2v) is 8.87. The van der Waals surface area contributed by atoms with E-state index in [9.17, 15) is 9.18 Å². The quantitative estimate of drug-likeness (QED) is 0.396. The molecule has 1 aliphatic heterocycles. The summed E-state index contributed by atoms with van der Waals surface area (Å²) >= 11 is 0. The zero-order valence-corrected chi connectivity index (χ0v) is 19.2. The Bertz CT molecular complexity index is 1460. The van der Waals surface area contributed by atoms with E-state index in [2.05, 4.69) is 27.6 Å². The predicted molar refractivity (Wildman–Crippen MR) is 131 cm³/mol. The molecule has 7 heteroatoms. The van der Waals surface area contributed by atoms with Gasteiger partial charge in [0.1, 0.15) is 5.82 Å². The number of aryl methyl sites for hydroxylation is 2. The van der Waals surface area contributed by atoms with E-state index in [0.717, 1.165) is 30.5 Å². The van der Waals surface area contributed by atoms with Gasteiger partial charge in [-0.1, -0.05) is 53.7 Å². The van der Waals surface area contributed by atoms with E-state index in [1.54, 1.807) is 17.0 Å². The van der Waals surface area contributed by atoms with Crippen LogP contribution in [0.1, 0.15) is 42.0 Å². The maximum atomic E-state index is 14.1. The molecule has 0 saturated carbocycles. The predicted octanol–water partition coefficient (Wildman–Crippen LogP) is 6.07. The van der Waals surface area contributed by atoms with E-state index < -0.39 is 6.04 Å². The molecule has 0 saturated heterocycles. The number of hydrogen-bond donors (Lipinski definition) is 1. The molecule has 1 unspecified atom stereocenters. The summed E-state index contributed by atoms with van der Waals surface area (Å²) in [6.45, 7) is 1.86. The number of carbonyl (C=O) groups excluding carboxylic acids is 1. The molecule has 1 aliphatic carbocycles. The molecule has 1 N–H and O–H groups in total. The number of nitrogens with one attached hydrogen (secondary N) is 1. The van der Waals surface area contributed by atoms with Crippen LogP contribution in [0.25, 0.3) is 17.0 Å². The van der Waals surface area contributed by atoms with E-state index in [1.807, 2.05) is 43.3 Å². The summed E-state index contributed by atoms with van der Waals surface area (Å²) in [7, 11) is 0. The molecule has 6 rings (SSSR count). The van der Waals surface area contributed by atoms with E-state index in [4.69, 9.17) is 4.52 Å². The molecule has 0 radical (unpaired) electrons. The van der Waals surface area contributed by atoms with Crippen molar-refractivity contribution in [3.05, 3.63) is 107 Å². The molecule has 0 spiro atoms. The van der Waals surface area contributed by atoms with Gasteiger partial charge in [0.05, 0.1) is 17.3 Å². The molecular formula is C28H23FN4O2. The minimum Gasteiger partial charge on any atom is -0.334 e. The summed E-state index contributed by atoms with van der Waals surface area (Å²) in [6.07, 6.45) is 3.19. The summed E-state index contributed by atoms with van der Waals surface area (Å²) in [6, 6.07) is 20.9. The van der Waals surface area contributed by atoms with Crippen molar-refractivity contribution < 1.29 is 13.7 Å². The topological polar surface area (TPSA) is 71.3 Å². The Morgan fingerprint density at radius 1 is 1.00 bits per heavy atom. The van der Waals surface area contributed by atoms with Gasteiger partial charge in [0.2, 0.25) is 5.82 Å². The Morgan fingerprint density at radius 3 is 2.66 bits per heavy atom. The summed E-state index contributed by atoms with van der Waals surface area (Å²) in [5, 5.41) is 7.22. The maximum Gasteiger partial charge on any atom is 0.326 e. The average molecular weight is 467 g/mol. The third kappa shape index (κ3) is 3.79. The fourth-order valence-corrected chi connectivity index (χ4v) is 5.00. The largest absolute Gasteiger partial charge is 0.334 e. The minimum absolute atomic E-state index is 0.279. The number of carbonyl (C=O) groups is 1. The van der Waals surface area contributed by atoms with Crippen LogP contribution >= 0.6 is 0 Å². The van der Waals surface area contributed by atoms with E-state index in [0.29, 0.717) is 22.7 Å². The lowest BCUT2D eigenvalue weighted by atomic mass is 9.94. The number of nitrogens with zero attached hydrogens (tertiary/aromatic N) is 3. The first kappa shape index (κ1) is 21.3. The lowest BCUT2D eigenvalue weighted by Gasteiger charge is -2.35. The number of anilines is 1. The van der Waals surface area contributed by atoms with Crippen molar-refractivity contribution in [2.75, 3.05) is 4.90 Å². The lowest BCUT2D eigenvalue weighted by Crippen LogP contribution is -2.46. The second-order valence-electron chi connectivity index (χ2n) is 8.87. The highest BCUT2D eigenvalue weighted by Gasteiger charge is 2.37. The van der Waals surface area contributed by atoms with Crippen LogP contribution in [0.3, 0.4) is 0 Å². The molecule has 1 aromatic heterocycles. The first-order valence-corrected chi connectivity index (χ1v) is 11.7. The van der Waals surface area contributed by atoms with Crippen molar-refractivity contribution in [3.63, 3.8) is 0 Å². The highest BCUT2D eigenvalue weighted by molar-refractivity contribution is 6.01. The Kier molecular flexibility index (Phi) is 5.17. The minimum atomic E-state index is -0.645. The summed E-state index contributed by atoms with van der Waals surface area (Å²) in [5.41, 5.74) is 6.07. The molecule has 6 nitrogen and oxygen atoms in total. The highest BCUT2D eigenvalue weighted by atomic mass is 19.1. The average Bonchev–Trinajstić information content (AvgIpc) is 3.54. The van der Waals surface area contributed by atoms with Gasteiger partial charge in [0.15, 0.2) is 0 Å². The number of urea groups is 1. The van der Waals surface area contributed by atoms with Crippen molar-refractivity contribution in [3.8, 4) is 11.4 Å². The highest BCUT2D eigenvalue weighted by Crippen LogP contribution is 2.40. The zero-order chi connectivity index (χ0) is 23.9. The number of benzene rings is 3. The normalized spacial score (nSPS) is 17.5. The van der Waals surface area contributed by atoms with E-state index >= 15 is 0 Å². The maximum absolute atomic E-state index is 14.1. The number of halogens is 1. The Balaban J connectivity index is 1.50. The lowest BCUT2D eigenvalue weighted by molar-refractivity contribution is 0.244. The summed E-state index contributed by atoms with van der Waals surface area (Å²) in [5.74, 6) is 0.340. The van der Waals surface area contributed by atoms with Crippen LogP contribution in [0.2, 0.25) is 0 Å². The van der Waals surface area contributed by atoms with Gasteiger partial charge in [-0.15, -0.1) is 0 Å². The van der Waals surface area contributed by atoms with Gasteiger partial charge in [0.25, 0.3) is 5.89 Å². The fourth-order valence-electron chi connectivity index (χ4n) is 5.00. The van der Waals surface area contributed by atoms with Crippen molar-refractivity contribution in [1.82, 2.24) is 15.5 Å². The number of hydrogen-bond acceptors (Lipinski definition) is 4. The first-order valence-electron chi connectivity index (χ1n) is 11.7. The number of fused-ring (bicyclic) bond motifs is 1. The molecule has 2 amide bonds. The number of rotatable bonds is 4. The van der Waals surface area contributed by atoms with Crippen LogP contribution in [-0.2, 0) is 12.8 Å². The third-order valence-corrected chi connectivity index (χ3v) is 6.70. The molecule has 35 heavy (non-hydrogen) atoms. The van der Waals surface area contributed by atoms with Gasteiger partial charge in [0, 0.05) is 11.3 Å². The molecule has 3 aromatic carbocycles. The number of amides is 2. The molecular weight excluding hydrogens is 443 g/mol. The fraction of sp³-hybridized carbons (Fsp3) is 0.179. The number of aromatic nitrogens is 2. The van der Waals surface area contributed by atoms with Crippen LogP contribution in [0, 0.1) is 5.82 Å². The molecule has 1 atom stereocenters. The van der Waals surface area contributed by atoms with Crippen molar-refractivity contribution >= 4 is 17.3 Å². The van der Waals surface area contributed by atoms with Gasteiger partial charge in [-0.2, -0.15) is 4.98 Å². The Labute approximate surface area is 202 Å². The smallest absolute Gasteiger partial charge is 0.326 e. The van der Waals surface area contributed by atoms with Crippen molar-refractivity contribution in [2.45, 2.75) is 32.2 Å². The van der Waals surface area contributed by atoms with Gasteiger partial charge < -0.3 is 9.84 Å². The standard InChI is InChI=1S/C28H23FN4O2/c1-17-24(27-31-26(32-35-27)19-7-3-2-4-8-19)25(21-11-6-12-22(29)15-21)30-28(34)33(17)23-14-13-18-9-5-10-20(18)16-23/h2-4,6-8,11-16,25H,5,9-10H2,1H3,(H,30,34). The van der Waals surface area contributed by atoms with Gasteiger partial charge >= 0.3 is 6.03 Å². The molecule has 174 valence electrons. The molecule has 2 aliphatic rings. The van der Waals surface area contributed by atoms with E-state index in [1.165, 1.54) is 23.3 Å². The van der Waals surface area contributed by atoms with Crippen LogP contribution < -0.4 is 10.2 Å². The van der Waals surface area contributed by atoms with Crippen LogP contribution in [0.4, 0.5) is 14.9 Å². The second kappa shape index (κ2) is 8.51. The van der Waals surface area contributed by atoms with Gasteiger partial charge in [-0.25, -0.2) is 9.18 Å². The van der Waals surface area contributed by atoms with Crippen LogP contribution in [0.5, 0.6) is 0 Å². The van der Waals surface area contributed by atoms with Gasteiger partial charge in [-0.3, -0.25) is 4.90 Å². The molecule has 0 bridgehead atoms. The van der Waals surface area contributed by atoms with Crippen molar-refractivity contribution in [1.29, 1.82) is 0 Å². The summed E-state index contributed by atoms with van der Waals surface area (Å²) < 4.78 is 19.9. The Morgan fingerprint density at radius 2 is 1.83 bits per heavy atom. The third-order valence-electron chi connectivity index (χ3n) is 6.70. The molecule has 4 aromatic rings. The molecule has 0 fully saturated rings. The summed E-state index contributed by atoms with van der Waals surface area (Å²) in [4.78, 5) is 19.7. The SMILES string of the molecule is CC1=C(c2nc(-c3ccccc3)no2)C(c2cccc(F)c2)NC(=O)N1c1ccc2c(c1)CCC2. The van der Waals surface area contributed by atoms with E-state index in [-0.39, 0.29) is 17.7 Å². The first-order chi connectivity index (χ1) is 17.1. The Hall–Kier alpha value is -4.26. The zero-order valence-electron chi connectivity index (χ0n) is 19.2. The monoisotopic (exact) mass is 466 g/mol. The van der Waals surface area contributed by atoms with Crippen LogP contribution in [-0.4, -0.2) is 16.2 Å².